The van der Waals surface area contributed by atoms with Gasteiger partial charge < -0.3 is 10.6 Å². The highest BCUT2D eigenvalue weighted by Crippen LogP contribution is 2.25. The first-order valence-corrected chi connectivity index (χ1v) is 9.35. The number of nitrogens with one attached hydrogen (secondary N) is 2. The summed E-state index contributed by atoms with van der Waals surface area (Å²) in [6, 6.07) is 9.44. The van der Waals surface area contributed by atoms with Crippen molar-refractivity contribution in [3.63, 3.8) is 0 Å². The van der Waals surface area contributed by atoms with Gasteiger partial charge in [0.05, 0.1) is 5.69 Å². The van der Waals surface area contributed by atoms with Gasteiger partial charge in [-0.2, -0.15) is 11.3 Å². The van der Waals surface area contributed by atoms with Crippen LogP contribution in [0.25, 0.3) is 0 Å². The third-order valence-electron chi connectivity index (χ3n) is 3.55. The summed E-state index contributed by atoms with van der Waals surface area (Å²) >= 11 is 3.14. The van der Waals surface area contributed by atoms with Gasteiger partial charge in [-0.3, -0.25) is 9.59 Å². The van der Waals surface area contributed by atoms with Gasteiger partial charge in [0.1, 0.15) is 0 Å². The van der Waals surface area contributed by atoms with Gasteiger partial charge in [-0.15, -0.1) is 11.8 Å². The Morgan fingerprint density at radius 1 is 1.17 bits per heavy atom. The first-order chi connectivity index (χ1) is 10.9. The lowest BCUT2D eigenvalue weighted by molar-refractivity contribution is -0.136. The van der Waals surface area contributed by atoms with Crippen molar-refractivity contribution in [1.82, 2.24) is 5.32 Å². The van der Waals surface area contributed by atoms with Crippen molar-refractivity contribution in [3.05, 3.63) is 46.7 Å². The number of para-hydroxylation sites is 1. The van der Waals surface area contributed by atoms with Crippen molar-refractivity contribution in [2.24, 2.45) is 0 Å². The maximum atomic E-state index is 12.1. The van der Waals surface area contributed by atoms with Crippen LogP contribution >= 0.6 is 23.1 Å². The van der Waals surface area contributed by atoms with E-state index in [1.807, 2.05) is 49.7 Å². The summed E-state index contributed by atoms with van der Waals surface area (Å²) in [7, 11) is 0. The van der Waals surface area contributed by atoms with Crippen LogP contribution in [0.15, 0.2) is 46.0 Å². The Hall–Kier alpha value is -1.79. The Bertz CT molecular complexity index is 682. The second-order valence-electron chi connectivity index (χ2n) is 5.73. The van der Waals surface area contributed by atoms with Crippen LogP contribution < -0.4 is 10.6 Å². The molecule has 0 atom stereocenters. The summed E-state index contributed by atoms with van der Waals surface area (Å²) in [5, 5.41) is 9.44. The van der Waals surface area contributed by atoms with Crippen molar-refractivity contribution in [2.75, 3.05) is 18.1 Å². The molecular weight excluding hydrogens is 328 g/mol. The van der Waals surface area contributed by atoms with E-state index >= 15 is 0 Å². The van der Waals surface area contributed by atoms with Crippen molar-refractivity contribution in [2.45, 2.75) is 24.2 Å². The van der Waals surface area contributed by atoms with E-state index in [-0.39, 0.29) is 5.41 Å². The van der Waals surface area contributed by atoms with Crippen LogP contribution in [0.3, 0.4) is 0 Å². The molecule has 0 unspecified atom stereocenters. The van der Waals surface area contributed by atoms with E-state index < -0.39 is 11.8 Å². The molecule has 23 heavy (non-hydrogen) atoms. The third kappa shape index (κ3) is 4.59. The largest absolute Gasteiger partial charge is 0.347 e. The second-order valence-corrected chi connectivity index (χ2v) is 7.36. The fourth-order valence-electron chi connectivity index (χ4n) is 2.06. The number of thiophene rings is 1. The van der Waals surface area contributed by atoms with E-state index in [1.54, 1.807) is 17.4 Å². The van der Waals surface area contributed by atoms with Gasteiger partial charge in [0.2, 0.25) is 0 Å². The van der Waals surface area contributed by atoms with E-state index in [2.05, 4.69) is 16.0 Å². The molecule has 0 radical (unpaired) electrons. The quantitative estimate of drug-likeness (QED) is 0.642. The van der Waals surface area contributed by atoms with Crippen LogP contribution in [0.5, 0.6) is 0 Å². The lowest BCUT2D eigenvalue weighted by Gasteiger charge is -2.24. The van der Waals surface area contributed by atoms with Crippen LogP contribution in [-0.4, -0.2) is 24.6 Å². The minimum Gasteiger partial charge on any atom is -0.347 e. The topological polar surface area (TPSA) is 58.2 Å². The Kier molecular flexibility index (Phi) is 5.85. The minimum absolute atomic E-state index is 0.215. The molecule has 0 fully saturated rings. The van der Waals surface area contributed by atoms with E-state index in [0.29, 0.717) is 12.2 Å². The van der Waals surface area contributed by atoms with Crippen molar-refractivity contribution in [3.8, 4) is 0 Å². The number of carbonyl (C=O) groups is 2. The SMILES string of the molecule is CSc1ccccc1NC(=O)C(=O)NCC(C)(C)c1ccsc1. The van der Waals surface area contributed by atoms with Crippen LogP contribution in [0.1, 0.15) is 19.4 Å². The van der Waals surface area contributed by atoms with E-state index in [4.69, 9.17) is 0 Å². The first kappa shape index (κ1) is 17.6. The van der Waals surface area contributed by atoms with Crippen LogP contribution in [0.4, 0.5) is 5.69 Å². The predicted molar refractivity (Wildman–Crippen MR) is 97.2 cm³/mol. The Morgan fingerprint density at radius 2 is 1.91 bits per heavy atom. The highest BCUT2D eigenvalue weighted by atomic mass is 32.2. The third-order valence-corrected chi connectivity index (χ3v) is 5.03. The zero-order valence-corrected chi connectivity index (χ0v) is 15.0. The summed E-state index contributed by atoms with van der Waals surface area (Å²) in [5.74, 6) is -1.27. The Labute approximate surface area is 144 Å². The highest BCUT2D eigenvalue weighted by molar-refractivity contribution is 7.98. The minimum atomic E-state index is -0.646. The van der Waals surface area contributed by atoms with Gasteiger partial charge in [-0.1, -0.05) is 26.0 Å². The lowest BCUT2D eigenvalue weighted by atomic mass is 9.86. The van der Waals surface area contributed by atoms with Gasteiger partial charge in [0.25, 0.3) is 0 Å². The fourth-order valence-corrected chi connectivity index (χ4v) is 3.46. The maximum Gasteiger partial charge on any atom is 0.313 e. The number of hydrogen-bond acceptors (Lipinski definition) is 4. The number of hydrogen-bond donors (Lipinski definition) is 2. The average Bonchev–Trinajstić information content (AvgIpc) is 3.08. The molecule has 122 valence electrons. The number of carbonyl (C=O) groups excluding carboxylic acids is 2. The molecule has 1 aromatic heterocycles. The summed E-state index contributed by atoms with van der Waals surface area (Å²) in [6.45, 7) is 4.48. The number of benzene rings is 1. The molecule has 0 saturated heterocycles. The standard InChI is InChI=1S/C17H20N2O2S2/c1-17(2,12-8-9-23-10-12)11-18-15(20)16(21)19-13-6-4-5-7-14(13)22-3/h4-10H,11H2,1-3H3,(H,18,20)(H,19,21). The second kappa shape index (κ2) is 7.66. The molecule has 0 bridgehead atoms. The summed E-state index contributed by atoms with van der Waals surface area (Å²) in [5.41, 5.74) is 1.58. The number of thioether (sulfide) groups is 1. The molecule has 2 amide bonds. The zero-order valence-electron chi connectivity index (χ0n) is 13.4. The molecule has 0 spiro atoms. The average molecular weight is 348 g/mol. The number of amides is 2. The van der Waals surface area contributed by atoms with Gasteiger partial charge in [-0.25, -0.2) is 0 Å². The lowest BCUT2D eigenvalue weighted by Crippen LogP contribution is -2.42. The van der Waals surface area contributed by atoms with Gasteiger partial charge >= 0.3 is 11.8 Å². The summed E-state index contributed by atoms with van der Waals surface area (Å²) in [6.07, 6.45) is 1.93. The molecule has 2 N–H and O–H groups in total. The van der Waals surface area contributed by atoms with Gasteiger partial charge in [-0.05, 0) is 40.8 Å². The fraction of sp³-hybridized carbons (Fsp3) is 0.294. The molecule has 2 rings (SSSR count). The zero-order chi connectivity index (χ0) is 16.9. The normalized spacial score (nSPS) is 11.1. The van der Waals surface area contributed by atoms with Crippen molar-refractivity contribution >= 4 is 40.6 Å². The van der Waals surface area contributed by atoms with E-state index in [1.165, 1.54) is 11.8 Å². The van der Waals surface area contributed by atoms with Crippen LogP contribution in [0.2, 0.25) is 0 Å². The van der Waals surface area contributed by atoms with Crippen LogP contribution in [0, 0.1) is 0 Å². The highest BCUT2D eigenvalue weighted by Gasteiger charge is 2.24. The molecule has 0 aliphatic rings. The molecule has 0 saturated carbocycles. The van der Waals surface area contributed by atoms with Crippen LogP contribution in [-0.2, 0) is 15.0 Å². The molecule has 2 aromatic rings. The van der Waals surface area contributed by atoms with Gasteiger partial charge in [0, 0.05) is 16.9 Å². The number of rotatable bonds is 5. The Balaban J connectivity index is 1.94. The molecule has 4 nitrogen and oxygen atoms in total. The summed E-state index contributed by atoms with van der Waals surface area (Å²) in [4.78, 5) is 25.0. The smallest absolute Gasteiger partial charge is 0.313 e. The monoisotopic (exact) mass is 348 g/mol. The first-order valence-electron chi connectivity index (χ1n) is 7.19. The molecule has 0 aliphatic carbocycles. The number of anilines is 1. The van der Waals surface area contributed by atoms with Crippen molar-refractivity contribution < 1.29 is 9.59 Å². The maximum absolute atomic E-state index is 12.1. The molecular formula is C17H20N2O2S2. The molecule has 1 heterocycles. The molecule has 6 heteroatoms. The summed E-state index contributed by atoms with van der Waals surface area (Å²) < 4.78 is 0. The molecule has 1 aromatic carbocycles. The Morgan fingerprint density at radius 3 is 2.57 bits per heavy atom. The van der Waals surface area contributed by atoms with E-state index in [9.17, 15) is 9.59 Å². The van der Waals surface area contributed by atoms with E-state index in [0.717, 1.165) is 10.5 Å². The van der Waals surface area contributed by atoms with Gasteiger partial charge in [0.15, 0.2) is 0 Å². The van der Waals surface area contributed by atoms with Crippen molar-refractivity contribution in [1.29, 1.82) is 0 Å². The predicted octanol–water partition coefficient (Wildman–Crippen LogP) is 3.50. The molecule has 0 aliphatic heterocycles.